The van der Waals surface area contributed by atoms with Crippen LogP contribution in [0.4, 0.5) is 18.9 Å². The minimum Gasteiger partial charge on any atom is -0.385 e. The fourth-order valence-corrected chi connectivity index (χ4v) is 2.85. The molecule has 134 valence electrons. The summed E-state index contributed by atoms with van der Waals surface area (Å²) in [5.74, 6) is 0. The van der Waals surface area contributed by atoms with E-state index >= 15 is 0 Å². The first-order valence-electron chi connectivity index (χ1n) is 7.86. The van der Waals surface area contributed by atoms with Gasteiger partial charge in [0, 0.05) is 52.1 Å². The van der Waals surface area contributed by atoms with Crippen molar-refractivity contribution < 1.29 is 17.9 Å². The van der Waals surface area contributed by atoms with Gasteiger partial charge in [-0.05, 0) is 36.8 Å². The van der Waals surface area contributed by atoms with Crippen molar-refractivity contribution in [3.8, 4) is 0 Å². The van der Waals surface area contributed by atoms with E-state index in [2.05, 4.69) is 5.32 Å². The Labute approximate surface area is 145 Å². The number of halogens is 3. The van der Waals surface area contributed by atoms with Gasteiger partial charge in [-0.3, -0.25) is 0 Å². The molecule has 8 heteroatoms. The van der Waals surface area contributed by atoms with Crippen molar-refractivity contribution in [2.75, 3.05) is 51.3 Å². The monoisotopic (exact) mass is 361 g/mol. The molecule has 0 amide bonds. The van der Waals surface area contributed by atoms with E-state index in [1.165, 1.54) is 12.1 Å². The van der Waals surface area contributed by atoms with Gasteiger partial charge in [-0.2, -0.15) is 13.2 Å². The molecule has 1 fully saturated rings. The van der Waals surface area contributed by atoms with Crippen LogP contribution in [-0.4, -0.2) is 56.5 Å². The second-order valence-corrected chi connectivity index (χ2v) is 5.99. The van der Waals surface area contributed by atoms with Gasteiger partial charge in [0.15, 0.2) is 5.11 Å². The summed E-state index contributed by atoms with van der Waals surface area (Å²) in [7, 11) is 1.66. The molecule has 1 N–H and O–H groups in total. The smallest absolute Gasteiger partial charge is 0.385 e. The Morgan fingerprint density at radius 3 is 2.58 bits per heavy atom. The van der Waals surface area contributed by atoms with Crippen LogP contribution in [0.3, 0.4) is 0 Å². The lowest BCUT2D eigenvalue weighted by molar-refractivity contribution is -0.137. The summed E-state index contributed by atoms with van der Waals surface area (Å²) in [6.45, 7) is 4.08. The number of hydrogen-bond donors (Lipinski definition) is 1. The van der Waals surface area contributed by atoms with Crippen LogP contribution < -0.4 is 10.2 Å². The normalized spacial score (nSPS) is 15.5. The molecular formula is C16H22F3N3OS. The average molecular weight is 361 g/mol. The van der Waals surface area contributed by atoms with Gasteiger partial charge >= 0.3 is 6.18 Å². The largest absolute Gasteiger partial charge is 0.416 e. The van der Waals surface area contributed by atoms with Crippen molar-refractivity contribution in [2.45, 2.75) is 12.6 Å². The van der Waals surface area contributed by atoms with Crippen molar-refractivity contribution in [1.82, 2.24) is 10.2 Å². The van der Waals surface area contributed by atoms with Gasteiger partial charge in [-0.1, -0.05) is 6.07 Å². The number of piperazine rings is 1. The predicted molar refractivity (Wildman–Crippen MR) is 92.3 cm³/mol. The van der Waals surface area contributed by atoms with Crippen molar-refractivity contribution in [2.24, 2.45) is 0 Å². The maximum absolute atomic E-state index is 12.8. The van der Waals surface area contributed by atoms with E-state index in [9.17, 15) is 13.2 Å². The van der Waals surface area contributed by atoms with E-state index in [1.54, 1.807) is 13.2 Å². The van der Waals surface area contributed by atoms with Gasteiger partial charge in [0.2, 0.25) is 0 Å². The van der Waals surface area contributed by atoms with Crippen LogP contribution in [0, 0.1) is 0 Å². The number of anilines is 1. The van der Waals surface area contributed by atoms with E-state index in [4.69, 9.17) is 17.0 Å². The Kier molecular flexibility index (Phi) is 6.68. The topological polar surface area (TPSA) is 27.7 Å². The summed E-state index contributed by atoms with van der Waals surface area (Å²) in [6.07, 6.45) is -3.44. The molecule has 4 nitrogen and oxygen atoms in total. The first kappa shape index (κ1) is 18.8. The van der Waals surface area contributed by atoms with Gasteiger partial charge in [0.1, 0.15) is 0 Å². The van der Waals surface area contributed by atoms with Crippen LogP contribution in [0.5, 0.6) is 0 Å². The van der Waals surface area contributed by atoms with Gasteiger partial charge in [-0.15, -0.1) is 0 Å². The molecule has 0 aromatic heterocycles. The van der Waals surface area contributed by atoms with Gasteiger partial charge in [0.05, 0.1) is 5.56 Å². The summed E-state index contributed by atoms with van der Waals surface area (Å²) in [5, 5.41) is 3.87. The van der Waals surface area contributed by atoms with Gasteiger partial charge in [0.25, 0.3) is 0 Å². The Bertz CT molecular complexity index is 546. The number of benzene rings is 1. The van der Waals surface area contributed by atoms with E-state index in [0.717, 1.165) is 19.0 Å². The van der Waals surface area contributed by atoms with Crippen molar-refractivity contribution in [3.63, 3.8) is 0 Å². The number of nitrogens with one attached hydrogen (secondary N) is 1. The van der Waals surface area contributed by atoms with Crippen molar-refractivity contribution >= 4 is 23.0 Å². The highest BCUT2D eigenvalue weighted by Crippen LogP contribution is 2.31. The molecule has 1 saturated heterocycles. The molecule has 0 saturated carbocycles. The Balaban J connectivity index is 1.85. The molecule has 24 heavy (non-hydrogen) atoms. The number of nitrogens with zero attached hydrogens (tertiary/aromatic N) is 2. The molecule has 0 radical (unpaired) electrons. The first-order chi connectivity index (χ1) is 11.4. The van der Waals surface area contributed by atoms with E-state index in [-0.39, 0.29) is 0 Å². The second kappa shape index (κ2) is 8.53. The molecule has 0 aliphatic carbocycles. The van der Waals surface area contributed by atoms with Gasteiger partial charge < -0.3 is 19.9 Å². The first-order valence-corrected chi connectivity index (χ1v) is 8.26. The zero-order chi connectivity index (χ0) is 17.6. The quantitative estimate of drug-likeness (QED) is 0.643. The molecule has 0 spiro atoms. The predicted octanol–water partition coefficient (Wildman–Crippen LogP) is 2.74. The Morgan fingerprint density at radius 2 is 1.96 bits per heavy atom. The van der Waals surface area contributed by atoms with E-state index in [1.807, 2.05) is 9.80 Å². The van der Waals surface area contributed by atoms with Crippen LogP contribution in [0.1, 0.15) is 12.0 Å². The molecule has 0 atom stereocenters. The third-order valence-corrected chi connectivity index (χ3v) is 4.31. The lowest BCUT2D eigenvalue weighted by Crippen LogP contribution is -2.52. The van der Waals surface area contributed by atoms with Crippen LogP contribution in [0.15, 0.2) is 24.3 Å². The summed E-state index contributed by atoms with van der Waals surface area (Å²) < 4.78 is 43.4. The van der Waals surface area contributed by atoms with E-state index in [0.29, 0.717) is 43.6 Å². The number of hydrogen-bond acceptors (Lipinski definition) is 3. The van der Waals surface area contributed by atoms with Crippen LogP contribution in [0.25, 0.3) is 0 Å². The second-order valence-electron chi connectivity index (χ2n) is 5.60. The fraction of sp³-hybridized carbons (Fsp3) is 0.562. The SMILES string of the molecule is COCCCNC(=S)N1CCN(c2cccc(C(F)(F)F)c2)CC1. The van der Waals surface area contributed by atoms with Crippen molar-refractivity contribution in [3.05, 3.63) is 29.8 Å². The minimum absolute atomic E-state index is 0.600. The molecule has 0 bridgehead atoms. The standard InChI is InChI=1S/C16H22F3N3OS/c1-23-11-3-6-20-15(24)22-9-7-21(8-10-22)14-5-2-4-13(12-14)16(17,18)19/h2,4-5,12H,3,6-11H2,1H3,(H,20,24). The molecular weight excluding hydrogens is 339 g/mol. The fourth-order valence-electron chi connectivity index (χ4n) is 2.57. The third-order valence-electron chi connectivity index (χ3n) is 3.91. The Morgan fingerprint density at radius 1 is 1.25 bits per heavy atom. The maximum Gasteiger partial charge on any atom is 0.416 e. The van der Waals surface area contributed by atoms with E-state index < -0.39 is 11.7 Å². The number of alkyl halides is 3. The maximum atomic E-state index is 12.8. The summed E-state index contributed by atoms with van der Waals surface area (Å²) in [6, 6.07) is 5.47. The summed E-state index contributed by atoms with van der Waals surface area (Å²) in [5.41, 5.74) is -0.0128. The van der Waals surface area contributed by atoms with Crippen LogP contribution >= 0.6 is 12.2 Å². The molecule has 1 aromatic carbocycles. The number of ether oxygens (including phenoxy) is 1. The molecule has 1 aliphatic heterocycles. The molecule has 0 unspecified atom stereocenters. The number of methoxy groups -OCH3 is 1. The summed E-state index contributed by atoms with van der Waals surface area (Å²) in [4.78, 5) is 4.01. The van der Waals surface area contributed by atoms with Crippen LogP contribution in [-0.2, 0) is 10.9 Å². The van der Waals surface area contributed by atoms with Gasteiger partial charge in [-0.25, -0.2) is 0 Å². The number of thiocarbonyl (C=S) groups is 1. The minimum atomic E-state index is -4.31. The third kappa shape index (κ3) is 5.24. The zero-order valence-corrected chi connectivity index (χ0v) is 14.4. The van der Waals surface area contributed by atoms with Crippen LogP contribution in [0.2, 0.25) is 0 Å². The average Bonchev–Trinajstić information content (AvgIpc) is 2.58. The highest BCUT2D eigenvalue weighted by atomic mass is 32.1. The molecule has 1 heterocycles. The lowest BCUT2D eigenvalue weighted by atomic mass is 10.1. The number of rotatable bonds is 5. The highest BCUT2D eigenvalue weighted by Gasteiger charge is 2.31. The van der Waals surface area contributed by atoms with Crippen molar-refractivity contribution in [1.29, 1.82) is 0 Å². The summed E-state index contributed by atoms with van der Waals surface area (Å²) >= 11 is 5.36. The Hall–Kier alpha value is -1.54. The molecule has 2 rings (SSSR count). The lowest BCUT2D eigenvalue weighted by Gasteiger charge is -2.37. The highest BCUT2D eigenvalue weighted by molar-refractivity contribution is 7.80. The zero-order valence-electron chi connectivity index (χ0n) is 13.6. The molecule has 1 aromatic rings. The molecule has 1 aliphatic rings.